The zero-order valence-corrected chi connectivity index (χ0v) is 13.5. The Labute approximate surface area is 137 Å². The van der Waals surface area contributed by atoms with Crippen LogP contribution in [0.5, 0.6) is 11.5 Å². The summed E-state index contributed by atoms with van der Waals surface area (Å²) in [5, 5.41) is 3.22. The van der Waals surface area contributed by atoms with Crippen LogP contribution < -0.4 is 14.8 Å². The number of nitrogens with zero attached hydrogens (tertiary/aromatic N) is 1. The second kappa shape index (κ2) is 5.29. The number of nitrogens with one attached hydrogen (secondary N) is 1. The second-order valence-electron chi connectivity index (χ2n) is 4.54. The van der Waals surface area contributed by atoms with Gasteiger partial charge in [0, 0.05) is 12.1 Å². The fourth-order valence-electron chi connectivity index (χ4n) is 2.11. The summed E-state index contributed by atoms with van der Waals surface area (Å²) in [4.78, 5) is 16.4. The summed E-state index contributed by atoms with van der Waals surface area (Å²) in [6, 6.07) is 6.95. The molecule has 2 aromatic heterocycles. The van der Waals surface area contributed by atoms with Gasteiger partial charge in [-0.3, -0.25) is 10.1 Å². The van der Waals surface area contributed by atoms with E-state index in [1.54, 1.807) is 12.1 Å². The minimum absolute atomic E-state index is 0.220. The van der Waals surface area contributed by atoms with Crippen LogP contribution >= 0.6 is 27.3 Å². The normalized spacial score (nSPS) is 13.3. The first-order chi connectivity index (χ1) is 10.7. The molecule has 1 N–H and O–H groups in total. The number of amides is 1. The summed E-state index contributed by atoms with van der Waals surface area (Å²) in [7, 11) is 0. The van der Waals surface area contributed by atoms with Crippen LogP contribution in [0.25, 0.3) is 10.2 Å². The molecule has 22 heavy (non-hydrogen) atoms. The third-order valence-electron chi connectivity index (χ3n) is 3.07. The van der Waals surface area contributed by atoms with Crippen molar-refractivity contribution in [3.63, 3.8) is 0 Å². The average molecular weight is 381 g/mol. The molecule has 1 aromatic carbocycles. The maximum Gasteiger partial charge on any atom is 0.293 e. The van der Waals surface area contributed by atoms with E-state index in [-0.39, 0.29) is 11.7 Å². The number of furan rings is 1. The van der Waals surface area contributed by atoms with Gasteiger partial charge in [0.2, 0.25) is 0 Å². The summed E-state index contributed by atoms with van der Waals surface area (Å²) in [5.74, 6) is 1.26. The molecule has 1 aliphatic rings. The lowest BCUT2D eigenvalue weighted by Gasteiger charge is -2.17. The number of hydrogen-bond acceptors (Lipinski definition) is 6. The van der Waals surface area contributed by atoms with E-state index in [9.17, 15) is 4.79 Å². The van der Waals surface area contributed by atoms with Crippen molar-refractivity contribution in [3.8, 4) is 11.5 Å². The topological polar surface area (TPSA) is 73.6 Å². The van der Waals surface area contributed by atoms with Gasteiger partial charge in [-0.15, -0.1) is 0 Å². The summed E-state index contributed by atoms with van der Waals surface area (Å²) in [6.45, 7) is 1.06. The third-order valence-corrected chi connectivity index (χ3v) is 4.43. The highest BCUT2D eigenvalue weighted by Gasteiger charge is 2.17. The molecule has 0 spiro atoms. The van der Waals surface area contributed by atoms with Crippen LogP contribution in [0.4, 0.5) is 5.13 Å². The molecule has 0 saturated heterocycles. The van der Waals surface area contributed by atoms with Crippen LogP contribution in [0.3, 0.4) is 0 Å². The number of anilines is 1. The highest BCUT2D eigenvalue weighted by atomic mass is 79.9. The van der Waals surface area contributed by atoms with Crippen molar-refractivity contribution in [3.05, 3.63) is 34.7 Å². The lowest BCUT2D eigenvalue weighted by Crippen LogP contribution is -2.15. The van der Waals surface area contributed by atoms with E-state index in [1.807, 2.05) is 12.1 Å². The second-order valence-corrected chi connectivity index (χ2v) is 6.35. The molecule has 0 fully saturated rings. The standard InChI is InChI=1S/C14H9BrN2O4S/c15-12-2-1-8(21-12)13(18)17-14-16-7-5-9-10(6-11(7)22-14)20-4-3-19-9/h1-2,5-6H,3-4H2,(H,16,17,18). The third kappa shape index (κ3) is 2.44. The molecular formula is C14H9BrN2O4S. The van der Waals surface area contributed by atoms with Gasteiger partial charge in [-0.25, -0.2) is 4.98 Å². The predicted octanol–water partition coefficient (Wildman–Crippen LogP) is 3.68. The molecule has 0 bridgehead atoms. The SMILES string of the molecule is O=C(Nc1nc2cc3c(cc2s1)OCCO3)c1ccc(Br)o1. The Balaban J connectivity index is 1.63. The fraction of sp³-hybridized carbons (Fsp3) is 0.143. The van der Waals surface area contributed by atoms with Crippen LogP contribution in [0, 0.1) is 0 Å². The molecule has 3 heterocycles. The minimum atomic E-state index is -0.345. The molecule has 0 unspecified atom stereocenters. The zero-order valence-electron chi connectivity index (χ0n) is 11.1. The fourth-order valence-corrected chi connectivity index (χ4v) is 3.29. The van der Waals surface area contributed by atoms with Gasteiger partial charge < -0.3 is 13.9 Å². The Hall–Kier alpha value is -2.06. The first-order valence-electron chi connectivity index (χ1n) is 6.46. The number of benzene rings is 1. The lowest BCUT2D eigenvalue weighted by atomic mass is 10.3. The van der Waals surface area contributed by atoms with Gasteiger partial charge >= 0.3 is 0 Å². The van der Waals surface area contributed by atoms with Crippen LogP contribution in [-0.4, -0.2) is 24.1 Å². The van der Waals surface area contributed by atoms with Crippen LogP contribution in [0.2, 0.25) is 0 Å². The number of carbonyl (C=O) groups excluding carboxylic acids is 1. The number of carbonyl (C=O) groups is 1. The number of ether oxygens (including phenoxy) is 2. The first kappa shape index (κ1) is 13.6. The van der Waals surface area contributed by atoms with Crippen molar-refractivity contribution in [2.24, 2.45) is 0 Å². The molecule has 0 radical (unpaired) electrons. The van der Waals surface area contributed by atoms with E-state index < -0.39 is 0 Å². The Morgan fingerprint density at radius 1 is 1.23 bits per heavy atom. The molecule has 0 aliphatic carbocycles. The average Bonchev–Trinajstić information content (AvgIpc) is 3.10. The molecule has 3 aromatic rings. The molecule has 0 saturated carbocycles. The summed E-state index contributed by atoms with van der Waals surface area (Å²) >= 11 is 4.53. The van der Waals surface area contributed by atoms with E-state index in [2.05, 4.69) is 26.2 Å². The number of thiazole rings is 1. The van der Waals surface area contributed by atoms with Gasteiger partial charge in [0.15, 0.2) is 27.1 Å². The maximum absolute atomic E-state index is 12.1. The lowest BCUT2D eigenvalue weighted by molar-refractivity contribution is 0.0995. The Kier molecular flexibility index (Phi) is 3.27. The van der Waals surface area contributed by atoms with Gasteiger partial charge in [0.1, 0.15) is 13.2 Å². The van der Waals surface area contributed by atoms with Crippen LogP contribution in [0.15, 0.2) is 33.4 Å². The highest BCUT2D eigenvalue weighted by molar-refractivity contribution is 9.10. The van der Waals surface area contributed by atoms with Gasteiger partial charge in [-0.1, -0.05) is 11.3 Å². The smallest absolute Gasteiger partial charge is 0.293 e. The molecule has 1 aliphatic heterocycles. The molecule has 112 valence electrons. The van der Waals surface area contributed by atoms with Crippen molar-refractivity contribution in [1.82, 2.24) is 4.98 Å². The van der Waals surface area contributed by atoms with Crippen LogP contribution in [-0.2, 0) is 0 Å². The molecule has 0 atom stereocenters. The van der Waals surface area contributed by atoms with Crippen molar-refractivity contribution >= 4 is 48.5 Å². The van der Waals surface area contributed by atoms with E-state index in [0.29, 0.717) is 34.5 Å². The monoisotopic (exact) mass is 380 g/mol. The van der Waals surface area contributed by atoms with Gasteiger partial charge in [0.25, 0.3) is 5.91 Å². The predicted molar refractivity (Wildman–Crippen MR) is 85.0 cm³/mol. The Morgan fingerprint density at radius 3 is 2.73 bits per heavy atom. The zero-order chi connectivity index (χ0) is 15.1. The van der Waals surface area contributed by atoms with E-state index in [1.165, 1.54) is 11.3 Å². The van der Waals surface area contributed by atoms with Gasteiger partial charge in [0.05, 0.1) is 10.2 Å². The molecule has 1 amide bonds. The van der Waals surface area contributed by atoms with Crippen LogP contribution in [0.1, 0.15) is 10.6 Å². The van der Waals surface area contributed by atoms with Gasteiger partial charge in [-0.05, 0) is 28.1 Å². The molecular weight excluding hydrogens is 372 g/mol. The number of fused-ring (bicyclic) bond motifs is 2. The molecule has 4 rings (SSSR count). The number of rotatable bonds is 2. The Bertz CT molecular complexity index is 830. The van der Waals surface area contributed by atoms with Crippen molar-refractivity contribution in [2.45, 2.75) is 0 Å². The quantitative estimate of drug-likeness (QED) is 0.733. The molecule has 8 heteroatoms. The number of halogens is 1. The largest absolute Gasteiger partial charge is 0.486 e. The molecule has 6 nitrogen and oxygen atoms in total. The van der Waals surface area contributed by atoms with E-state index in [0.717, 1.165) is 10.2 Å². The maximum atomic E-state index is 12.1. The highest BCUT2D eigenvalue weighted by Crippen LogP contribution is 2.37. The number of aromatic nitrogens is 1. The van der Waals surface area contributed by atoms with E-state index >= 15 is 0 Å². The van der Waals surface area contributed by atoms with Crippen molar-refractivity contribution < 1.29 is 18.7 Å². The van der Waals surface area contributed by atoms with Gasteiger partial charge in [-0.2, -0.15) is 0 Å². The number of hydrogen-bond donors (Lipinski definition) is 1. The minimum Gasteiger partial charge on any atom is -0.486 e. The van der Waals surface area contributed by atoms with E-state index in [4.69, 9.17) is 13.9 Å². The summed E-state index contributed by atoms with van der Waals surface area (Å²) in [6.07, 6.45) is 0. The first-order valence-corrected chi connectivity index (χ1v) is 8.07. The summed E-state index contributed by atoms with van der Waals surface area (Å²) < 4.78 is 17.7. The summed E-state index contributed by atoms with van der Waals surface area (Å²) in [5.41, 5.74) is 0.755. The Morgan fingerprint density at radius 2 is 2.00 bits per heavy atom. The van der Waals surface area contributed by atoms with Crippen molar-refractivity contribution in [2.75, 3.05) is 18.5 Å². The van der Waals surface area contributed by atoms with Crippen molar-refractivity contribution in [1.29, 1.82) is 0 Å².